The molecule has 0 aromatic heterocycles. The van der Waals surface area contributed by atoms with E-state index in [2.05, 4.69) is 5.32 Å². The number of nitro groups is 1. The number of hydrogen-bond donors (Lipinski definition) is 1. The fourth-order valence-corrected chi connectivity index (χ4v) is 2.28. The van der Waals surface area contributed by atoms with E-state index < -0.39 is 0 Å². The molecule has 0 bridgehead atoms. The minimum absolute atomic E-state index is 0.148. The van der Waals surface area contributed by atoms with Gasteiger partial charge in [0.2, 0.25) is 0 Å². The first-order chi connectivity index (χ1) is 9.25. The van der Waals surface area contributed by atoms with Crippen LogP contribution in [0, 0.1) is 10.1 Å². The molecule has 0 saturated carbocycles. The number of non-ortho nitro benzene ring substituents is 1. The lowest BCUT2D eigenvalue weighted by atomic mass is 10.1. The maximum atomic E-state index is 10.5. The third-order valence-corrected chi connectivity index (χ3v) is 3.40. The van der Waals surface area contributed by atoms with Crippen LogP contribution in [0.4, 0.5) is 5.69 Å². The van der Waals surface area contributed by atoms with Crippen molar-refractivity contribution in [3.8, 4) is 0 Å². The molecule has 1 atom stereocenters. The van der Waals surface area contributed by atoms with Gasteiger partial charge in [-0.15, -0.1) is 0 Å². The van der Waals surface area contributed by atoms with Crippen LogP contribution in [0.15, 0.2) is 24.3 Å². The van der Waals surface area contributed by atoms with Gasteiger partial charge in [-0.1, -0.05) is 12.1 Å². The van der Waals surface area contributed by atoms with Crippen LogP contribution in [0.25, 0.3) is 0 Å². The van der Waals surface area contributed by atoms with Crippen LogP contribution >= 0.6 is 0 Å². The Hall–Kier alpha value is -1.46. The predicted octanol–water partition coefficient (Wildman–Crippen LogP) is 2.30. The lowest BCUT2D eigenvalue weighted by Gasteiger charge is -2.09. The first kappa shape index (κ1) is 14.0. The van der Waals surface area contributed by atoms with Crippen molar-refractivity contribution in [3.63, 3.8) is 0 Å². The minimum Gasteiger partial charge on any atom is -0.378 e. The standard InChI is InChI=1S/C14H20N2O3/c17-16(18)13-5-3-12(4-6-13)7-9-15-10-8-14-2-1-11-19-14/h3-6,14-15H,1-2,7-11H2. The van der Waals surface area contributed by atoms with E-state index in [4.69, 9.17) is 4.74 Å². The zero-order valence-corrected chi connectivity index (χ0v) is 11.0. The van der Waals surface area contributed by atoms with E-state index in [0.717, 1.165) is 38.1 Å². The average molecular weight is 264 g/mol. The monoisotopic (exact) mass is 264 g/mol. The molecule has 0 aliphatic carbocycles. The smallest absolute Gasteiger partial charge is 0.269 e. The summed E-state index contributed by atoms with van der Waals surface area (Å²) in [5.41, 5.74) is 1.27. The van der Waals surface area contributed by atoms with Crippen LogP contribution in [0.1, 0.15) is 24.8 Å². The molecule has 0 spiro atoms. The van der Waals surface area contributed by atoms with Crippen LogP contribution in [0.3, 0.4) is 0 Å². The average Bonchev–Trinajstić information content (AvgIpc) is 2.92. The van der Waals surface area contributed by atoms with Gasteiger partial charge in [0.15, 0.2) is 0 Å². The van der Waals surface area contributed by atoms with Gasteiger partial charge < -0.3 is 10.1 Å². The molecule has 1 aromatic rings. The molecule has 1 heterocycles. The van der Waals surface area contributed by atoms with Gasteiger partial charge in [0.25, 0.3) is 5.69 Å². The number of nitrogens with zero attached hydrogens (tertiary/aromatic N) is 1. The molecule has 2 rings (SSSR count). The molecule has 1 aromatic carbocycles. The summed E-state index contributed by atoms with van der Waals surface area (Å²) in [6, 6.07) is 6.75. The quantitative estimate of drug-likeness (QED) is 0.466. The Balaban J connectivity index is 1.61. The number of benzene rings is 1. The SMILES string of the molecule is O=[N+]([O-])c1ccc(CCNCCC2CCCO2)cc1. The molecule has 104 valence electrons. The van der Waals surface area contributed by atoms with E-state index in [1.165, 1.54) is 12.8 Å². The second kappa shape index (κ2) is 7.21. The highest BCUT2D eigenvalue weighted by molar-refractivity contribution is 5.32. The summed E-state index contributed by atoms with van der Waals surface area (Å²) in [6.45, 7) is 2.77. The van der Waals surface area contributed by atoms with Gasteiger partial charge in [-0.3, -0.25) is 10.1 Å². The van der Waals surface area contributed by atoms with Crippen LogP contribution in [-0.2, 0) is 11.2 Å². The second-order valence-corrected chi connectivity index (χ2v) is 4.85. The summed E-state index contributed by atoms with van der Waals surface area (Å²) in [6.07, 6.45) is 4.77. The van der Waals surface area contributed by atoms with Crippen LogP contribution in [0.5, 0.6) is 0 Å². The van der Waals surface area contributed by atoms with E-state index in [9.17, 15) is 10.1 Å². The van der Waals surface area contributed by atoms with Crippen LogP contribution in [-0.4, -0.2) is 30.7 Å². The van der Waals surface area contributed by atoms with Crippen molar-refractivity contribution in [2.45, 2.75) is 31.8 Å². The number of rotatable bonds is 7. The predicted molar refractivity (Wildman–Crippen MR) is 73.3 cm³/mol. The van der Waals surface area contributed by atoms with Crippen LogP contribution < -0.4 is 5.32 Å². The maximum absolute atomic E-state index is 10.5. The Morgan fingerprint density at radius 1 is 1.32 bits per heavy atom. The summed E-state index contributed by atoms with van der Waals surface area (Å²) in [4.78, 5) is 10.1. The molecule has 1 saturated heterocycles. The van der Waals surface area contributed by atoms with Gasteiger partial charge in [-0.2, -0.15) is 0 Å². The zero-order chi connectivity index (χ0) is 13.5. The highest BCUT2D eigenvalue weighted by atomic mass is 16.6. The van der Waals surface area contributed by atoms with Crippen molar-refractivity contribution < 1.29 is 9.66 Å². The molecule has 5 nitrogen and oxygen atoms in total. The topological polar surface area (TPSA) is 64.4 Å². The molecule has 0 amide bonds. The van der Waals surface area contributed by atoms with Crippen LogP contribution in [0.2, 0.25) is 0 Å². The van der Waals surface area contributed by atoms with Gasteiger partial charge in [0.1, 0.15) is 0 Å². The van der Waals surface area contributed by atoms with Crippen molar-refractivity contribution >= 4 is 5.69 Å². The lowest BCUT2D eigenvalue weighted by Crippen LogP contribution is -2.22. The van der Waals surface area contributed by atoms with E-state index in [-0.39, 0.29) is 10.6 Å². The molecule has 1 aliphatic heterocycles. The van der Waals surface area contributed by atoms with Gasteiger partial charge in [-0.05, 0) is 44.3 Å². The van der Waals surface area contributed by atoms with Crippen molar-refractivity contribution in [2.24, 2.45) is 0 Å². The summed E-state index contributed by atoms with van der Waals surface area (Å²) in [5.74, 6) is 0. The Morgan fingerprint density at radius 3 is 2.74 bits per heavy atom. The highest BCUT2D eigenvalue weighted by Crippen LogP contribution is 2.14. The third kappa shape index (κ3) is 4.61. The largest absolute Gasteiger partial charge is 0.378 e. The summed E-state index contributed by atoms with van der Waals surface area (Å²) >= 11 is 0. The molecule has 1 N–H and O–H groups in total. The van der Waals surface area contributed by atoms with Gasteiger partial charge >= 0.3 is 0 Å². The maximum Gasteiger partial charge on any atom is 0.269 e. The Morgan fingerprint density at radius 2 is 2.11 bits per heavy atom. The summed E-state index contributed by atoms with van der Waals surface area (Å²) in [7, 11) is 0. The Labute approximate surface area is 113 Å². The van der Waals surface area contributed by atoms with Crippen molar-refractivity contribution in [2.75, 3.05) is 19.7 Å². The minimum atomic E-state index is -0.371. The third-order valence-electron chi connectivity index (χ3n) is 3.40. The molecule has 1 fully saturated rings. The number of ether oxygens (including phenoxy) is 1. The normalized spacial score (nSPS) is 18.6. The Bertz CT molecular complexity index is 400. The van der Waals surface area contributed by atoms with Gasteiger partial charge in [0.05, 0.1) is 11.0 Å². The molecule has 1 unspecified atom stereocenters. The number of nitrogens with one attached hydrogen (secondary N) is 1. The zero-order valence-electron chi connectivity index (χ0n) is 11.0. The first-order valence-electron chi connectivity index (χ1n) is 6.81. The number of hydrogen-bond acceptors (Lipinski definition) is 4. The molecular formula is C14H20N2O3. The van der Waals surface area contributed by atoms with E-state index >= 15 is 0 Å². The molecule has 5 heteroatoms. The molecule has 1 aliphatic rings. The molecule has 19 heavy (non-hydrogen) atoms. The fraction of sp³-hybridized carbons (Fsp3) is 0.571. The second-order valence-electron chi connectivity index (χ2n) is 4.85. The van der Waals surface area contributed by atoms with E-state index in [1.807, 2.05) is 12.1 Å². The number of nitro benzene ring substituents is 1. The van der Waals surface area contributed by atoms with Crippen molar-refractivity contribution in [1.82, 2.24) is 5.32 Å². The Kier molecular flexibility index (Phi) is 5.30. The lowest BCUT2D eigenvalue weighted by molar-refractivity contribution is -0.384. The van der Waals surface area contributed by atoms with Gasteiger partial charge in [0, 0.05) is 18.7 Å². The van der Waals surface area contributed by atoms with E-state index in [0.29, 0.717) is 6.10 Å². The van der Waals surface area contributed by atoms with Crippen molar-refractivity contribution in [3.05, 3.63) is 39.9 Å². The fourth-order valence-electron chi connectivity index (χ4n) is 2.28. The molecule has 0 radical (unpaired) electrons. The van der Waals surface area contributed by atoms with Gasteiger partial charge in [-0.25, -0.2) is 0 Å². The first-order valence-corrected chi connectivity index (χ1v) is 6.81. The summed E-state index contributed by atoms with van der Waals surface area (Å²) < 4.78 is 5.55. The molecular weight excluding hydrogens is 244 g/mol. The van der Waals surface area contributed by atoms with E-state index in [1.54, 1.807) is 12.1 Å². The highest BCUT2D eigenvalue weighted by Gasteiger charge is 2.14. The summed E-state index contributed by atoms with van der Waals surface area (Å²) in [5, 5.41) is 13.9. The van der Waals surface area contributed by atoms with Crippen molar-refractivity contribution in [1.29, 1.82) is 0 Å².